The van der Waals surface area contributed by atoms with Gasteiger partial charge in [-0.2, -0.15) is 0 Å². The number of benzene rings is 4. The number of hydrogen-bond acceptors (Lipinski definition) is 8. The zero-order valence-corrected chi connectivity index (χ0v) is 34.2. The van der Waals surface area contributed by atoms with Crippen LogP contribution in [0.15, 0.2) is 139 Å². The number of nitrogen functional groups attached to an aromatic ring is 1. The normalized spacial score (nSPS) is 19.3. The molecule has 55 heavy (non-hydrogen) atoms. The maximum absolute atomic E-state index is 9.71. The van der Waals surface area contributed by atoms with E-state index in [1.54, 1.807) is 6.33 Å². The summed E-state index contributed by atoms with van der Waals surface area (Å²) in [5.41, 5.74) is 17.0. The molecule has 0 unspecified atom stereocenters. The minimum Gasteiger partial charge on any atom is -0.399 e. The molecule has 7 rings (SSSR count). The van der Waals surface area contributed by atoms with Crippen LogP contribution in [0.5, 0.6) is 0 Å². The fourth-order valence-corrected chi connectivity index (χ4v) is 17.7. The third-order valence-electron chi connectivity index (χ3n) is 10.7. The topological polar surface area (TPSA) is 146 Å². The van der Waals surface area contributed by atoms with Crippen LogP contribution >= 0.6 is 0 Å². The number of azide groups is 1. The van der Waals surface area contributed by atoms with E-state index in [0.29, 0.717) is 11.2 Å². The summed E-state index contributed by atoms with van der Waals surface area (Å²) in [6.45, 7) is 13.5. The highest BCUT2D eigenvalue weighted by Gasteiger charge is 2.60. The van der Waals surface area contributed by atoms with E-state index in [1.807, 2.05) is 28.8 Å². The molecule has 0 spiro atoms. The second kappa shape index (κ2) is 15.2. The second-order valence-electron chi connectivity index (χ2n) is 16.1. The molecule has 0 aliphatic carbocycles. The molecule has 1 fully saturated rings. The van der Waals surface area contributed by atoms with Gasteiger partial charge in [-0.3, -0.25) is 4.57 Å². The molecule has 4 atom stereocenters. The van der Waals surface area contributed by atoms with Gasteiger partial charge in [-0.15, -0.1) is 0 Å². The fourth-order valence-electron chi connectivity index (χ4n) is 8.31. The minimum atomic E-state index is -3.27. The van der Waals surface area contributed by atoms with Crippen LogP contribution in [-0.4, -0.2) is 61.0 Å². The Morgan fingerprint density at radius 1 is 0.691 bits per heavy atom. The van der Waals surface area contributed by atoms with Crippen molar-refractivity contribution in [2.75, 3.05) is 12.3 Å². The molecule has 0 amide bonds. The first kappa shape index (κ1) is 38.1. The Balaban J connectivity index is 1.53. The molecule has 0 bridgehead atoms. The molecule has 0 saturated carbocycles. The van der Waals surface area contributed by atoms with Crippen LogP contribution in [0, 0.1) is 0 Å². The number of nitrogens with two attached hydrogens (primary N) is 1. The van der Waals surface area contributed by atoms with E-state index in [2.05, 4.69) is 164 Å². The molecule has 0 radical (unpaired) electrons. The van der Waals surface area contributed by atoms with Crippen LogP contribution < -0.4 is 26.5 Å². The lowest BCUT2D eigenvalue weighted by Gasteiger charge is -2.49. The number of nitrogens with zero attached hydrogens (tertiary/aromatic N) is 7. The van der Waals surface area contributed by atoms with E-state index in [9.17, 15) is 5.53 Å². The summed E-state index contributed by atoms with van der Waals surface area (Å²) in [7, 11) is -6.51. The van der Waals surface area contributed by atoms with Gasteiger partial charge in [-0.25, -0.2) is 15.0 Å². The van der Waals surface area contributed by atoms with Gasteiger partial charge in [-0.05, 0) is 36.4 Å². The monoisotopic (exact) mass is 768 g/mol. The van der Waals surface area contributed by atoms with Crippen molar-refractivity contribution in [3.05, 3.63) is 144 Å². The molecule has 2 N–H and O–H groups in total. The molecular formula is C42H48N8O3Si2. The Bertz CT molecular complexity index is 2180. The highest BCUT2D eigenvalue weighted by atomic mass is 28.4. The molecule has 1 aliphatic rings. The number of rotatable bonds is 11. The molecule has 11 nitrogen and oxygen atoms in total. The Morgan fingerprint density at radius 2 is 1.13 bits per heavy atom. The number of hydrogen-bond donors (Lipinski definition) is 1. The quantitative estimate of drug-likeness (QED) is 0.0685. The number of imidazole rings is 1. The van der Waals surface area contributed by atoms with Gasteiger partial charge in [-0.1, -0.05) is 168 Å². The summed E-state index contributed by atoms with van der Waals surface area (Å²) in [4.78, 5) is 16.7. The summed E-state index contributed by atoms with van der Waals surface area (Å²) in [5.74, 6) is 0.261. The Kier molecular flexibility index (Phi) is 10.5. The highest BCUT2D eigenvalue weighted by molar-refractivity contribution is 7.00. The van der Waals surface area contributed by atoms with Crippen molar-refractivity contribution in [2.45, 2.75) is 76.2 Å². The summed E-state index contributed by atoms with van der Waals surface area (Å²) < 4.78 is 25.0. The summed E-state index contributed by atoms with van der Waals surface area (Å²) >= 11 is 0. The van der Waals surface area contributed by atoms with Gasteiger partial charge in [0, 0.05) is 4.91 Å². The van der Waals surface area contributed by atoms with E-state index in [0.717, 1.165) is 20.7 Å². The molecule has 6 aromatic rings. The average molecular weight is 769 g/mol. The van der Waals surface area contributed by atoms with Crippen molar-refractivity contribution in [2.24, 2.45) is 5.11 Å². The zero-order valence-electron chi connectivity index (χ0n) is 32.2. The van der Waals surface area contributed by atoms with E-state index >= 15 is 0 Å². The van der Waals surface area contributed by atoms with Gasteiger partial charge in [0.05, 0.1) is 19.0 Å². The van der Waals surface area contributed by atoms with Gasteiger partial charge < -0.3 is 19.3 Å². The van der Waals surface area contributed by atoms with Crippen molar-refractivity contribution in [3.8, 4) is 0 Å². The SMILES string of the molecule is CC(C)(C)[Si](O[C@@H]1[C@H](O[Si](c2ccccc2)(c2ccccc2)C(C)(C)C)[C@@H](CN=[N+]=[N-])O[C@H]1n1cnc2c(N)ncnc21)(c1ccccc1)c1ccccc1. The molecule has 13 heteroatoms. The molecule has 282 valence electrons. The lowest BCUT2D eigenvalue weighted by Crippen LogP contribution is -2.71. The summed E-state index contributed by atoms with van der Waals surface area (Å²) in [6, 6.07) is 42.0. The Hall–Kier alpha value is -5.15. The van der Waals surface area contributed by atoms with E-state index in [4.69, 9.17) is 19.3 Å². The molecule has 1 aliphatic heterocycles. The minimum absolute atomic E-state index is 0.0141. The lowest BCUT2D eigenvalue weighted by atomic mass is 10.1. The van der Waals surface area contributed by atoms with Crippen molar-refractivity contribution >= 4 is 54.4 Å². The van der Waals surface area contributed by atoms with E-state index in [1.165, 1.54) is 6.33 Å². The zero-order chi connectivity index (χ0) is 38.8. The van der Waals surface area contributed by atoms with Gasteiger partial charge in [0.2, 0.25) is 0 Å². The summed E-state index contributed by atoms with van der Waals surface area (Å²) in [6.07, 6.45) is 0.125. The van der Waals surface area contributed by atoms with Gasteiger partial charge in [0.1, 0.15) is 24.1 Å². The van der Waals surface area contributed by atoms with Gasteiger partial charge >= 0.3 is 0 Å². The van der Waals surface area contributed by atoms with Gasteiger partial charge in [0.25, 0.3) is 16.6 Å². The first-order chi connectivity index (χ1) is 26.4. The van der Waals surface area contributed by atoms with Crippen molar-refractivity contribution in [3.63, 3.8) is 0 Å². The van der Waals surface area contributed by atoms with Crippen LogP contribution in [-0.2, 0) is 13.6 Å². The largest absolute Gasteiger partial charge is 0.399 e. The lowest BCUT2D eigenvalue weighted by molar-refractivity contribution is -0.0277. The number of ether oxygens (including phenoxy) is 1. The predicted molar refractivity (Wildman–Crippen MR) is 223 cm³/mol. The molecule has 2 aromatic heterocycles. The second-order valence-corrected chi connectivity index (χ2v) is 24.6. The van der Waals surface area contributed by atoms with E-state index < -0.39 is 41.2 Å². The van der Waals surface area contributed by atoms with Crippen molar-refractivity contribution < 1.29 is 13.6 Å². The summed E-state index contributed by atoms with van der Waals surface area (Å²) in [5, 5.41) is 7.79. The molecule has 1 saturated heterocycles. The Morgan fingerprint density at radius 3 is 1.55 bits per heavy atom. The molecular weight excluding hydrogens is 721 g/mol. The molecule has 4 aromatic carbocycles. The van der Waals surface area contributed by atoms with Crippen molar-refractivity contribution in [1.82, 2.24) is 19.5 Å². The fraction of sp³-hybridized carbons (Fsp3) is 0.310. The predicted octanol–water partition coefficient (Wildman–Crippen LogP) is 6.51. The highest BCUT2D eigenvalue weighted by Crippen LogP contribution is 2.46. The Labute approximate surface area is 324 Å². The third-order valence-corrected chi connectivity index (χ3v) is 20.8. The number of aromatic nitrogens is 4. The van der Waals surface area contributed by atoms with Crippen LogP contribution in [0.1, 0.15) is 47.8 Å². The number of anilines is 1. The van der Waals surface area contributed by atoms with Crippen LogP contribution in [0.3, 0.4) is 0 Å². The number of fused-ring (bicyclic) bond motifs is 1. The smallest absolute Gasteiger partial charge is 0.261 e. The van der Waals surface area contributed by atoms with E-state index in [-0.39, 0.29) is 22.4 Å². The third kappa shape index (κ3) is 6.77. The standard InChI is InChI=1S/C42H48N8O3Si2/c1-41(2,3)54(30-19-11-7-12-20-30,31-21-13-8-14-22-31)52-36-34(27-48-49-44)51-40(50-29-47-35-38(43)45-28-46-39(35)50)37(36)53-55(42(4,5)6,32-23-15-9-16-24-32)33-25-17-10-18-26-33/h7-26,28-29,34,36-37,40H,27H2,1-6H3,(H2,43,45,46)/t34-,36-,37-,40-/m1/s1. The van der Waals surface area contributed by atoms with Crippen LogP contribution in [0.4, 0.5) is 5.82 Å². The molecule has 3 heterocycles. The maximum Gasteiger partial charge on any atom is 0.261 e. The van der Waals surface area contributed by atoms with Crippen LogP contribution in [0.25, 0.3) is 21.6 Å². The van der Waals surface area contributed by atoms with Gasteiger partial charge in [0.15, 0.2) is 17.7 Å². The first-order valence-corrected chi connectivity index (χ1v) is 22.4. The maximum atomic E-state index is 9.71. The average Bonchev–Trinajstić information content (AvgIpc) is 3.76. The van der Waals surface area contributed by atoms with Crippen LogP contribution in [0.2, 0.25) is 10.1 Å². The first-order valence-electron chi connectivity index (χ1n) is 18.6. The van der Waals surface area contributed by atoms with Crippen molar-refractivity contribution in [1.29, 1.82) is 0 Å².